The van der Waals surface area contributed by atoms with Crippen LogP contribution in [0, 0.1) is 5.82 Å². The van der Waals surface area contributed by atoms with Gasteiger partial charge < -0.3 is 21.1 Å². The van der Waals surface area contributed by atoms with Crippen LogP contribution in [0.5, 0.6) is 5.75 Å². The van der Waals surface area contributed by atoms with Crippen LogP contribution in [-0.4, -0.2) is 32.0 Å². The molecule has 0 saturated carbocycles. The number of hydrogen-bond donors (Lipinski definition) is 3. The molecule has 0 heterocycles. The maximum absolute atomic E-state index is 13.5. The second-order valence-electron chi connectivity index (χ2n) is 4.16. The van der Waals surface area contributed by atoms with Gasteiger partial charge in [-0.25, -0.2) is 4.39 Å². The van der Waals surface area contributed by atoms with Gasteiger partial charge in [0, 0.05) is 0 Å². The molecule has 1 atom stereocenters. The Balaban J connectivity index is 2.57. The average molecular weight is 283 g/mol. The quantitative estimate of drug-likeness (QED) is 0.689. The Kier molecular flexibility index (Phi) is 5.92. The number of nitrogens with one attached hydrogen (secondary N) is 2. The first kappa shape index (κ1) is 15.9. The summed E-state index contributed by atoms with van der Waals surface area (Å²) in [5.74, 6) is -1.15. The van der Waals surface area contributed by atoms with Crippen molar-refractivity contribution in [2.45, 2.75) is 13.0 Å². The average Bonchev–Trinajstić information content (AvgIpc) is 2.44. The standard InChI is InChI=1S/C13H18FN3O3/c1-8(17-13(19)7-16-12(18)6-15)9-3-4-11(20-2)10(14)5-9/h3-5,8H,6-7,15H2,1-2H3,(H,16,18)(H,17,19). The number of rotatable bonds is 6. The lowest BCUT2D eigenvalue weighted by molar-refractivity contribution is -0.125. The van der Waals surface area contributed by atoms with Crippen molar-refractivity contribution in [3.05, 3.63) is 29.6 Å². The van der Waals surface area contributed by atoms with Gasteiger partial charge in [0.05, 0.1) is 26.2 Å². The summed E-state index contributed by atoms with van der Waals surface area (Å²) in [5.41, 5.74) is 5.70. The van der Waals surface area contributed by atoms with Crippen molar-refractivity contribution in [1.29, 1.82) is 0 Å². The van der Waals surface area contributed by atoms with Gasteiger partial charge in [0.1, 0.15) is 0 Å². The summed E-state index contributed by atoms with van der Waals surface area (Å²) in [6.07, 6.45) is 0. The van der Waals surface area contributed by atoms with Gasteiger partial charge in [0.2, 0.25) is 11.8 Å². The molecule has 1 rings (SSSR count). The molecule has 20 heavy (non-hydrogen) atoms. The Morgan fingerprint density at radius 3 is 2.65 bits per heavy atom. The first-order valence-electron chi connectivity index (χ1n) is 6.07. The van der Waals surface area contributed by atoms with Crippen LogP contribution in [0.15, 0.2) is 18.2 Å². The van der Waals surface area contributed by atoms with Gasteiger partial charge in [0.25, 0.3) is 0 Å². The first-order chi connectivity index (χ1) is 9.47. The normalized spacial score (nSPS) is 11.6. The Morgan fingerprint density at radius 1 is 1.40 bits per heavy atom. The highest BCUT2D eigenvalue weighted by atomic mass is 19.1. The Labute approximate surface area is 116 Å². The van der Waals surface area contributed by atoms with Crippen molar-refractivity contribution in [3.63, 3.8) is 0 Å². The van der Waals surface area contributed by atoms with E-state index in [2.05, 4.69) is 10.6 Å². The molecular weight excluding hydrogens is 265 g/mol. The fourth-order valence-electron chi connectivity index (χ4n) is 1.58. The fourth-order valence-corrected chi connectivity index (χ4v) is 1.58. The number of carbonyl (C=O) groups excluding carboxylic acids is 2. The van der Waals surface area contributed by atoms with E-state index >= 15 is 0 Å². The van der Waals surface area contributed by atoms with E-state index in [1.54, 1.807) is 13.0 Å². The lowest BCUT2D eigenvalue weighted by atomic mass is 10.1. The van der Waals surface area contributed by atoms with Crippen LogP contribution in [0.1, 0.15) is 18.5 Å². The van der Waals surface area contributed by atoms with E-state index in [1.807, 2.05) is 0 Å². The Morgan fingerprint density at radius 2 is 2.10 bits per heavy atom. The van der Waals surface area contributed by atoms with Crippen LogP contribution in [0.3, 0.4) is 0 Å². The van der Waals surface area contributed by atoms with Crippen LogP contribution >= 0.6 is 0 Å². The number of ether oxygens (including phenoxy) is 1. The van der Waals surface area contributed by atoms with Gasteiger partial charge in [0.15, 0.2) is 11.6 Å². The van der Waals surface area contributed by atoms with Crippen LogP contribution < -0.4 is 21.1 Å². The largest absolute Gasteiger partial charge is 0.494 e. The van der Waals surface area contributed by atoms with Crippen LogP contribution in [0.4, 0.5) is 4.39 Å². The summed E-state index contributed by atoms with van der Waals surface area (Å²) in [4.78, 5) is 22.5. The zero-order valence-electron chi connectivity index (χ0n) is 11.4. The topological polar surface area (TPSA) is 93.5 Å². The maximum Gasteiger partial charge on any atom is 0.239 e. The van der Waals surface area contributed by atoms with Crippen LogP contribution in [-0.2, 0) is 9.59 Å². The van der Waals surface area contributed by atoms with Crippen molar-refractivity contribution < 1.29 is 18.7 Å². The van der Waals surface area contributed by atoms with Gasteiger partial charge in [-0.3, -0.25) is 9.59 Å². The second-order valence-corrected chi connectivity index (χ2v) is 4.16. The molecule has 0 aliphatic rings. The summed E-state index contributed by atoms with van der Waals surface area (Å²) in [6, 6.07) is 4.05. The molecule has 0 spiro atoms. The predicted molar refractivity (Wildman–Crippen MR) is 71.6 cm³/mol. The Bertz CT molecular complexity index is 494. The number of halogens is 1. The van der Waals surface area contributed by atoms with Crippen molar-refractivity contribution in [2.75, 3.05) is 20.2 Å². The molecular formula is C13H18FN3O3. The fraction of sp³-hybridized carbons (Fsp3) is 0.385. The van der Waals surface area contributed by atoms with Crippen LogP contribution in [0.25, 0.3) is 0 Å². The molecule has 0 fully saturated rings. The minimum Gasteiger partial charge on any atom is -0.494 e. The van der Waals surface area contributed by atoms with E-state index in [-0.39, 0.29) is 24.7 Å². The minimum absolute atomic E-state index is 0.141. The van der Waals surface area contributed by atoms with Gasteiger partial charge in [-0.15, -0.1) is 0 Å². The number of amides is 2. The van der Waals surface area contributed by atoms with E-state index < -0.39 is 17.8 Å². The van der Waals surface area contributed by atoms with E-state index in [1.165, 1.54) is 19.2 Å². The molecule has 2 amide bonds. The number of nitrogens with two attached hydrogens (primary N) is 1. The smallest absolute Gasteiger partial charge is 0.239 e. The first-order valence-corrected chi connectivity index (χ1v) is 6.07. The summed E-state index contributed by atoms with van der Waals surface area (Å²) >= 11 is 0. The molecule has 0 aliphatic carbocycles. The van der Waals surface area contributed by atoms with Crippen LogP contribution in [0.2, 0.25) is 0 Å². The molecule has 1 aromatic carbocycles. The van der Waals surface area contributed by atoms with Crippen molar-refractivity contribution >= 4 is 11.8 Å². The highest BCUT2D eigenvalue weighted by Gasteiger charge is 2.12. The zero-order chi connectivity index (χ0) is 15.1. The van der Waals surface area contributed by atoms with Gasteiger partial charge in [-0.1, -0.05) is 6.07 Å². The third-order valence-corrected chi connectivity index (χ3v) is 2.68. The number of carbonyl (C=O) groups is 2. The summed E-state index contributed by atoms with van der Waals surface area (Å²) in [5, 5.41) is 4.99. The van der Waals surface area contributed by atoms with Gasteiger partial charge in [-0.2, -0.15) is 0 Å². The molecule has 0 radical (unpaired) electrons. The molecule has 4 N–H and O–H groups in total. The van der Waals surface area contributed by atoms with E-state index in [4.69, 9.17) is 10.5 Å². The molecule has 0 bridgehead atoms. The van der Waals surface area contributed by atoms with Gasteiger partial charge >= 0.3 is 0 Å². The van der Waals surface area contributed by atoms with E-state index in [0.717, 1.165) is 0 Å². The molecule has 110 valence electrons. The predicted octanol–water partition coefficient (Wildman–Crippen LogP) is 0.0864. The number of hydrogen-bond acceptors (Lipinski definition) is 4. The summed E-state index contributed by atoms with van der Waals surface area (Å²) in [6.45, 7) is 1.37. The highest BCUT2D eigenvalue weighted by Crippen LogP contribution is 2.21. The molecule has 6 nitrogen and oxygen atoms in total. The van der Waals surface area contributed by atoms with E-state index in [0.29, 0.717) is 5.56 Å². The Hall–Kier alpha value is -2.15. The maximum atomic E-state index is 13.5. The van der Waals surface area contributed by atoms with Gasteiger partial charge in [-0.05, 0) is 24.6 Å². The molecule has 0 aromatic heterocycles. The molecule has 1 aromatic rings. The third-order valence-electron chi connectivity index (χ3n) is 2.68. The summed E-state index contributed by atoms with van der Waals surface area (Å²) in [7, 11) is 1.38. The monoisotopic (exact) mass is 283 g/mol. The van der Waals surface area contributed by atoms with Crippen molar-refractivity contribution in [3.8, 4) is 5.75 Å². The molecule has 7 heteroatoms. The van der Waals surface area contributed by atoms with Crippen molar-refractivity contribution in [1.82, 2.24) is 10.6 Å². The minimum atomic E-state index is -0.498. The third kappa shape index (κ3) is 4.51. The lowest BCUT2D eigenvalue weighted by Crippen LogP contribution is -2.40. The molecule has 1 unspecified atom stereocenters. The highest BCUT2D eigenvalue weighted by molar-refractivity contribution is 5.85. The zero-order valence-corrected chi connectivity index (χ0v) is 11.4. The van der Waals surface area contributed by atoms with E-state index in [9.17, 15) is 14.0 Å². The summed E-state index contributed by atoms with van der Waals surface area (Å²) < 4.78 is 18.4. The molecule has 0 saturated heterocycles. The lowest BCUT2D eigenvalue weighted by Gasteiger charge is -2.15. The number of methoxy groups -OCH3 is 1. The SMILES string of the molecule is COc1ccc(C(C)NC(=O)CNC(=O)CN)cc1F. The number of benzene rings is 1. The molecule has 0 aliphatic heterocycles. The second kappa shape index (κ2) is 7.44. The van der Waals surface area contributed by atoms with Crippen molar-refractivity contribution in [2.24, 2.45) is 5.73 Å².